The lowest BCUT2D eigenvalue weighted by atomic mass is 9.86. The van der Waals surface area contributed by atoms with Crippen LogP contribution in [0.4, 0.5) is 22.0 Å². The maximum absolute atomic E-state index is 14.1. The summed E-state index contributed by atoms with van der Waals surface area (Å²) < 4.78 is 65.1. The number of nitrogens with zero attached hydrogens (tertiary/aromatic N) is 1. The molecule has 1 aliphatic rings. The van der Waals surface area contributed by atoms with Crippen LogP contribution in [0.25, 0.3) is 0 Å². The molecule has 0 bridgehead atoms. The Kier molecular flexibility index (Phi) is 3.95. The van der Waals surface area contributed by atoms with Crippen LogP contribution in [-0.2, 0) is 4.79 Å². The number of carbonyl (C=O) groups excluding carboxylic acids is 1. The van der Waals surface area contributed by atoms with E-state index in [0.29, 0.717) is 5.56 Å². The molecule has 0 saturated carbocycles. The fourth-order valence-corrected chi connectivity index (χ4v) is 2.50. The predicted octanol–water partition coefficient (Wildman–Crippen LogP) is 3.51. The van der Waals surface area contributed by atoms with Crippen molar-refractivity contribution < 1.29 is 26.7 Å². The van der Waals surface area contributed by atoms with Gasteiger partial charge in [-0.3, -0.25) is 4.79 Å². The number of alkyl halides is 5. The zero-order valence-electron chi connectivity index (χ0n) is 11.3. The largest absolute Gasteiger partial charge is 0.471 e. The van der Waals surface area contributed by atoms with Crippen molar-refractivity contribution in [1.82, 2.24) is 4.90 Å². The molecule has 1 saturated heterocycles. The summed E-state index contributed by atoms with van der Waals surface area (Å²) in [5, 5.41) is 0. The molecule has 0 spiro atoms. The van der Waals surface area contributed by atoms with Gasteiger partial charge in [0.2, 0.25) is 0 Å². The molecule has 2 rings (SSSR count). The van der Waals surface area contributed by atoms with Crippen molar-refractivity contribution in [2.45, 2.75) is 31.4 Å². The highest BCUT2D eigenvalue weighted by molar-refractivity contribution is 5.82. The molecule has 1 amide bonds. The molecule has 0 radical (unpaired) electrons. The minimum atomic E-state index is -5.12. The molecular weight excluding hydrogens is 293 g/mol. The minimum Gasteiger partial charge on any atom is -0.329 e. The molecule has 0 N–H and O–H groups in total. The van der Waals surface area contributed by atoms with Crippen molar-refractivity contribution in [3.05, 3.63) is 35.4 Å². The Bertz CT molecular complexity index is 523. The van der Waals surface area contributed by atoms with Gasteiger partial charge in [-0.15, -0.1) is 0 Å². The van der Waals surface area contributed by atoms with Crippen molar-refractivity contribution in [3.8, 4) is 0 Å². The van der Waals surface area contributed by atoms with E-state index in [1.54, 1.807) is 24.3 Å². The van der Waals surface area contributed by atoms with Gasteiger partial charge in [-0.25, -0.2) is 8.78 Å². The van der Waals surface area contributed by atoms with Gasteiger partial charge in [0.05, 0.1) is 12.5 Å². The average molecular weight is 307 g/mol. The summed E-state index contributed by atoms with van der Waals surface area (Å²) in [5.41, 5.74) is 1.29. The second kappa shape index (κ2) is 5.27. The number of amides is 1. The number of halogens is 5. The van der Waals surface area contributed by atoms with Gasteiger partial charge in [-0.05, 0) is 18.9 Å². The topological polar surface area (TPSA) is 20.3 Å². The summed E-state index contributed by atoms with van der Waals surface area (Å²) in [6, 6.07) is 6.46. The molecule has 1 heterocycles. The predicted molar refractivity (Wildman–Crippen MR) is 66.1 cm³/mol. The lowest BCUT2D eigenvalue weighted by Crippen LogP contribution is -2.53. The highest BCUT2D eigenvalue weighted by Crippen LogP contribution is 2.41. The van der Waals surface area contributed by atoms with Crippen molar-refractivity contribution in [3.63, 3.8) is 0 Å². The Morgan fingerprint density at radius 1 is 1.24 bits per heavy atom. The van der Waals surface area contributed by atoms with E-state index < -0.39 is 30.5 Å². The number of aryl methyl sites for hydroxylation is 1. The van der Waals surface area contributed by atoms with E-state index in [1.165, 1.54) is 0 Å². The van der Waals surface area contributed by atoms with Crippen LogP contribution in [0.15, 0.2) is 24.3 Å². The highest BCUT2D eigenvalue weighted by Gasteiger charge is 2.51. The SMILES string of the molecule is Cc1ccc(C2CCN(C(=O)C(F)(F)F)CC2(F)F)cc1. The highest BCUT2D eigenvalue weighted by atomic mass is 19.4. The Morgan fingerprint density at radius 3 is 2.29 bits per heavy atom. The van der Waals surface area contributed by atoms with Crippen LogP contribution < -0.4 is 0 Å². The fourth-order valence-electron chi connectivity index (χ4n) is 2.50. The number of piperidine rings is 1. The molecule has 0 aromatic heterocycles. The van der Waals surface area contributed by atoms with Crippen molar-refractivity contribution in [2.75, 3.05) is 13.1 Å². The third-order valence-corrected chi connectivity index (χ3v) is 3.61. The second-order valence-electron chi connectivity index (χ2n) is 5.24. The lowest BCUT2D eigenvalue weighted by molar-refractivity contribution is -0.193. The zero-order valence-corrected chi connectivity index (χ0v) is 11.3. The standard InChI is InChI=1S/C14H14F5NO/c1-9-2-4-10(5-3-9)11-6-7-20(8-13(11,15)16)12(21)14(17,18)19/h2-5,11H,6-8H2,1H3. The number of benzene rings is 1. The van der Waals surface area contributed by atoms with Gasteiger partial charge in [0.1, 0.15) is 0 Å². The van der Waals surface area contributed by atoms with Crippen molar-refractivity contribution in [2.24, 2.45) is 0 Å². The van der Waals surface area contributed by atoms with Gasteiger partial charge in [0.15, 0.2) is 0 Å². The molecule has 7 heteroatoms. The number of likely N-dealkylation sites (tertiary alicyclic amines) is 1. The van der Waals surface area contributed by atoms with E-state index >= 15 is 0 Å². The molecule has 21 heavy (non-hydrogen) atoms. The lowest BCUT2D eigenvalue weighted by Gasteiger charge is -2.38. The van der Waals surface area contributed by atoms with Gasteiger partial charge in [0.25, 0.3) is 5.92 Å². The van der Waals surface area contributed by atoms with Crippen LogP contribution in [0.5, 0.6) is 0 Å². The Labute approximate surface area is 118 Å². The van der Waals surface area contributed by atoms with Gasteiger partial charge in [-0.1, -0.05) is 29.8 Å². The summed E-state index contributed by atoms with van der Waals surface area (Å²) in [7, 11) is 0. The van der Waals surface area contributed by atoms with Gasteiger partial charge in [0, 0.05) is 6.54 Å². The van der Waals surface area contributed by atoms with Gasteiger partial charge in [-0.2, -0.15) is 13.2 Å². The first-order chi connectivity index (χ1) is 9.61. The maximum atomic E-state index is 14.1. The van der Waals surface area contributed by atoms with E-state index in [-0.39, 0.29) is 17.9 Å². The Hall–Kier alpha value is -1.66. The molecule has 1 atom stereocenters. The summed E-state index contributed by atoms with van der Waals surface area (Å²) in [5.74, 6) is -6.76. The number of carbonyl (C=O) groups is 1. The maximum Gasteiger partial charge on any atom is 0.471 e. The smallest absolute Gasteiger partial charge is 0.329 e. The monoisotopic (exact) mass is 307 g/mol. The molecular formula is C14H14F5NO. The van der Waals surface area contributed by atoms with E-state index in [4.69, 9.17) is 0 Å². The zero-order chi connectivity index (χ0) is 15.8. The first kappa shape index (κ1) is 15.7. The quantitative estimate of drug-likeness (QED) is 0.727. The molecule has 1 aromatic rings. The van der Waals surface area contributed by atoms with Crippen LogP contribution in [0, 0.1) is 6.92 Å². The first-order valence-corrected chi connectivity index (χ1v) is 6.42. The first-order valence-electron chi connectivity index (χ1n) is 6.42. The molecule has 1 unspecified atom stereocenters. The van der Waals surface area contributed by atoms with Crippen LogP contribution >= 0.6 is 0 Å². The fraction of sp³-hybridized carbons (Fsp3) is 0.500. The summed E-state index contributed by atoms with van der Waals surface area (Å²) in [6.07, 6.45) is -5.31. The summed E-state index contributed by atoms with van der Waals surface area (Å²) >= 11 is 0. The molecule has 0 aliphatic carbocycles. The Balaban J connectivity index is 2.17. The number of rotatable bonds is 1. The number of hydrogen-bond donors (Lipinski definition) is 0. The van der Waals surface area contributed by atoms with E-state index in [2.05, 4.69) is 0 Å². The second-order valence-corrected chi connectivity index (χ2v) is 5.24. The van der Waals surface area contributed by atoms with E-state index in [1.807, 2.05) is 6.92 Å². The number of hydrogen-bond acceptors (Lipinski definition) is 1. The van der Waals surface area contributed by atoms with Gasteiger partial charge < -0.3 is 4.90 Å². The normalized spacial score (nSPS) is 22.2. The average Bonchev–Trinajstić information content (AvgIpc) is 2.37. The van der Waals surface area contributed by atoms with Crippen molar-refractivity contribution in [1.29, 1.82) is 0 Å². The minimum absolute atomic E-state index is 0.185. The molecule has 1 aliphatic heterocycles. The summed E-state index contributed by atoms with van der Waals surface area (Å²) in [4.78, 5) is 11.2. The van der Waals surface area contributed by atoms with E-state index in [9.17, 15) is 26.7 Å². The van der Waals surface area contributed by atoms with Gasteiger partial charge >= 0.3 is 12.1 Å². The Morgan fingerprint density at radius 2 is 1.81 bits per heavy atom. The molecule has 116 valence electrons. The van der Waals surface area contributed by atoms with Crippen LogP contribution in [0.3, 0.4) is 0 Å². The third kappa shape index (κ3) is 3.33. The molecule has 2 nitrogen and oxygen atoms in total. The summed E-state index contributed by atoms with van der Waals surface area (Å²) in [6.45, 7) is 0.281. The third-order valence-electron chi connectivity index (χ3n) is 3.61. The molecule has 1 fully saturated rings. The van der Waals surface area contributed by atoms with Crippen LogP contribution in [0.1, 0.15) is 23.5 Å². The van der Waals surface area contributed by atoms with E-state index in [0.717, 1.165) is 5.56 Å². The van der Waals surface area contributed by atoms with Crippen LogP contribution in [0.2, 0.25) is 0 Å². The van der Waals surface area contributed by atoms with Crippen molar-refractivity contribution >= 4 is 5.91 Å². The molecule has 1 aromatic carbocycles. The van der Waals surface area contributed by atoms with Crippen LogP contribution in [-0.4, -0.2) is 36.0 Å².